The third-order valence-electron chi connectivity index (χ3n) is 2.79. The van der Waals surface area contributed by atoms with E-state index in [-0.39, 0.29) is 5.82 Å². The Labute approximate surface area is 112 Å². The lowest BCUT2D eigenvalue weighted by molar-refractivity contribution is 0.628. The third-order valence-corrected chi connectivity index (χ3v) is 2.79. The summed E-state index contributed by atoms with van der Waals surface area (Å²) < 4.78 is 13.3. The zero-order valence-corrected chi connectivity index (χ0v) is 11.3. The second-order valence-corrected chi connectivity index (χ2v) is 4.27. The molecule has 2 aromatic rings. The van der Waals surface area contributed by atoms with Crippen LogP contribution >= 0.6 is 0 Å². The van der Waals surface area contributed by atoms with E-state index in [4.69, 9.17) is 0 Å². The molecule has 0 aliphatic carbocycles. The molecule has 0 radical (unpaired) electrons. The zero-order chi connectivity index (χ0) is 13.8. The Morgan fingerprint density at radius 3 is 2.84 bits per heavy atom. The molecule has 0 atom stereocenters. The normalized spacial score (nSPS) is 10.3. The molecule has 0 unspecified atom stereocenters. The highest BCUT2D eigenvalue weighted by Gasteiger charge is 2.11. The maximum atomic E-state index is 13.3. The average Bonchev–Trinajstić information content (AvgIpc) is 2.40. The largest absolute Gasteiger partial charge is 0.354 e. The summed E-state index contributed by atoms with van der Waals surface area (Å²) in [4.78, 5) is 10.5. The molecular formula is C14H17FN4. The Bertz CT molecular complexity index is 571. The standard InChI is InChI=1S/C14H17FN4/c1-4-16-14-17-9-10(2)13(18-14)19(3)12-7-5-6-11(15)8-12/h5-9H,4H2,1-3H3,(H,16,17,18). The zero-order valence-electron chi connectivity index (χ0n) is 11.3. The summed E-state index contributed by atoms with van der Waals surface area (Å²) in [7, 11) is 1.86. The number of hydrogen-bond donors (Lipinski definition) is 1. The number of aryl methyl sites for hydroxylation is 1. The minimum absolute atomic E-state index is 0.261. The van der Waals surface area contributed by atoms with Gasteiger partial charge in [0, 0.05) is 31.0 Å². The van der Waals surface area contributed by atoms with Crippen LogP contribution in [0.4, 0.5) is 21.8 Å². The molecule has 100 valence electrons. The van der Waals surface area contributed by atoms with Crippen molar-refractivity contribution in [1.29, 1.82) is 0 Å². The predicted molar refractivity (Wildman–Crippen MR) is 75.4 cm³/mol. The van der Waals surface area contributed by atoms with E-state index < -0.39 is 0 Å². The maximum Gasteiger partial charge on any atom is 0.224 e. The van der Waals surface area contributed by atoms with Gasteiger partial charge < -0.3 is 10.2 Å². The molecule has 1 heterocycles. The molecule has 0 fully saturated rings. The molecule has 0 aliphatic rings. The van der Waals surface area contributed by atoms with Crippen LogP contribution in [0.25, 0.3) is 0 Å². The van der Waals surface area contributed by atoms with Gasteiger partial charge in [-0.05, 0) is 32.0 Å². The molecule has 0 saturated carbocycles. The van der Waals surface area contributed by atoms with Crippen LogP contribution in [0.15, 0.2) is 30.5 Å². The van der Waals surface area contributed by atoms with Crippen LogP contribution in [0, 0.1) is 12.7 Å². The van der Waals surface area contributed by atoms with E-state index in [1.807, 2.05) is 31.9 Å². The molecule has 1 N–H and O–H groups in total. The minimum atomic E-state index is -0.261. The number of benzene rings is 1. The van der Waals surface area contributed by atoms with Crippen molar-refractivity contribution >= 4 is 17.5 Å². The van der Waals surface area contributed by atoms with E-state index >= 15 is 0 Å². The van der Waals surface area contributed by atoms with Crippen LogP contribution in [0.5, 0.6) is 0 Å². The minimum Gasteiger partial charge on any atom is -0.354 e. The molecule has 5 heteroatoms. The first-order valence-electron chi connectivity index (χ1n) is 6.18. The number of aromatic nitrogens is 2. The monoisotopic (exact) mass is 260 g/mol. The van der Waals surface area contributed by atoms with Gasteiger partial charge in [-0.1, -0.05) is 6.07 Å². The topological polar surface area (TPSA) is 41.1 Å². The lowest BCUT2D eigenvalue weighted by Gasteiger charge is -2.20. The van der Waals surface area contributed by atoms with Crippen molar-refractivity contribution in [2.75, 3.05) is 23.8 Å². The van der Waals surface area contributed by atoms with Gasteiger partial charge in [0.1, 0.15) is 11.6 Å². The number of hydrogen-bond acceptors (Lipinski definition) is 4. The molecule has 2 rings (SSSR count). The predicted octanol–water partition coefficient (Wildman–Crippen LogP) is 3.12. The van der Waals surface area contributed by atoms with E-state index in [0.29, 0.717) is 5.95 Å². The van der Waals surface area contributed by atoms with Gasteiger partial charge in [-0.15, -0.1) is 0 Å². The molecule has 0 aliphatic heterocycles. The fourth-order valence-electron chi connectivity index (χ4n) is 1.82. The molecule has 4 nitrogen and oxygen atoms in total. The van der Waals surface area contributed by atoms with Crippen molar-refractivity contribution in [2.45, 2.75) is 13.8 Å². The van der Waals surface area contributed by atoms with Crippen LogP contribution in [-0.4, -0.2) is 23.6 Å². The summed E-state index contributed by atoms with van der Waals surface area (Å²) in [5.74, 6) is 1.07. The van der Waals surface area contributed by atoms with Gasteiger partial charge in [-0.3, -0.25) is 0 Å². The van der Waals surface area contributed by atoms with Gasteiger partial charge >= 0.3 is 0 Å². The first-order valence-corrected chi connectivity index (χ1v) is 6.18. The molecule has 0 saturated heterocycles. The number of halogens is 1. The highest BCUT2D eigenvalue weighted by atomic mass is 19.1. The van der Waals surface area contributed by atoms with Crippen molar-refractivity contribution in [1.82, 2.24) is 9.97 Å². The Morgan fingerprint density at radius 2 is 2.16 bits per heavy atom. The SMILES string of the molecule is CCNc1ncc(C)c(N(C)c2cccc(F)c2)n1. The number of rotatable bonds is 4. The molecule has 0 amide bonds. The quantitative estimate of drug-likeness (QED) is 0.917. The Balaban J connectivity index is 2.37. The number of anilines is 3. The fraction of sp³-hybridized carbons (Fsp3) is 0.286. The molecule has 1 aromatic carbocycles. The van der Waals surface area contributed by atoms with Crippen LogP contribution in [0.2, 0.25) is 0 Å². The van der Waals surface area contributed by atoms with Gasteiger partial charge in [-0.2, -0.15) is 4.98 Å². The summed E-state index contributed by atoms with van der Waals surface area (Å²) >= 11 is 0. The van der Waals surface area contributed by atoms with Crippen molar-refractivity contribution < 1.29 is 4.39 Å². The first kappa shape index (κ1) is 13.3. The molecular weight excluding hydrogens is 243 g/mol. The average molecular weight is 260 g/mol. The molecule has 1 aromatic heterocycles. The summed E-state index contributed by atoms with van der Waals surface area (Å²) in [6, 6.07) is 6.43. The van der Waals surface area contributed by atoms with Gasteiger partial charge in [-0.25, -0.2) is 9.37 Å². The van der Waals surface area contributed by atoms with Crippen molar-refractivity contribution in [3.8, 4) is 0 Å². The van der Waals surface area contributed by atoms with Crippen molar-refractivity contribution in [3.63, 3.8) is 0 Å². The second-order valence-electron chi connectivity index (χ2n) is 4.27. The summed E-state index contributed by atoms with van der Waals surface area (Å²) in [5, 5.41) is 3.07. The molecule has 0 spiro atoms. The van der Waals surface area contributed by atoms with Crippen LogP contribution < -0.4 is 10.2 Å². The van der Waals surface area contributed by atoms with E-state index in [1.165, 1.54) is 12.1 Å². The fourth-order valence-corrected chi connectivity index (χ4v) is 1.82. The van der Waals surface area contributed by atoms with E-state index in [9.17, 15) is 4.39 Å². The second kappa shape index (κ2) is 5.65. The van der Waals surface area contributed by atoms with Gasteiger partial charge in [0.15, 0.2) is 0 Å². The molecule has 0 bridgehead atoms. The van der Waals surface area contributed by atoms with Gasteiger partial charge in [0.25, 0.3) is 0 Å². The number of nitrogens with zero attached hydrogens (tertiary/aromatic N) is 3. The number of nitrogens with one attached hydrogen (secondary N) is 1. The summed E-state index contributed by atoms with van der Waals surface area (Å²) in [6.07, 6.45) is 1.76. The van der Waals surface area contributed by atoms with Crippen LogP contribution in [0.1, 0.15) is 12.5 Å². The highest BCUT2D eigenvalue weighted by Crippen LogP contribution is 2.25. The lowest BCUT2D eigenvalue weighted by atomic mass is 10.2. The van der Waals surface area contributed by atoms with Crippen LogP contribution in [0.3, 0.4) is 0 Å². The maximum absolute atomic E-state index is 13.3. The smallest absolute Gasteiger partial charge is 0.224 e. The first-order chi connectivity index (χ1) is 9.11. The van der Waals surface area contributed by atoms with E-state index in [1.54, 1.807) is 12.3 Å². The Hall–Kier alpha value is -2.17. The highest BCUT2D eigenvalue weighted by molar-refractivity contribution is 5.62. The Kier molecular flexibility index (Phi) is 3.94. The molecule has 19 heavy (non-hydrogen) atoms. The summed E-state index contributed by atoms with van der Waals surface area (Å²) in [6.45, 7) is 4.67. The summed E-state index contributed by atoms with van der Waals surface area (Å²) in [5.41, 5.74) is 1.69. The van der Waals surface area contributed by atoms with Gasteiger partial charge in [0.05, 0.1) is 0 Å². The Morgan fingerprint density at radius 1 is 1.37 bits per heavy atom. The van der Waals surface area contributed by atoms with E-state index in [2.05, 4.69) is 15.3 Å². The van der Waals surface area contributed by atoms with Gasteiger partial charge in [0.2, 0.25) is 5.95 Å². The third kappa shape index (κ3) is 2.99. The lowest BCUT2D eigenvalue weighted by Crippen LogP contribution is -2.15. The van der Waals surface area contributed by atoms with Crippen molar-refractivity contribution in [2.24, 2.45) is 0 Å². The van der Waals surface area contributed by atoms with Crippen LogP contribution in [-0.2, 0) is 0 Å². The van der Waals surface area contributed by atoms with E-state index in [0.717, 1.165) is 23.6 Å². The van der Waals surface area contributed by atoms with Crippen molar-refractivity contribution in [3.05, 3.63) is 41.8 Å².